The zero-order valence-electron chi connectivity index (χ0n) is 11.8. The van der Waals surface area contributed by atoms with Gasteiger partial charge in [0, 0.05) is 16.0 Å². The maximum Gasteiger partial charge on any atom is 0.161 e. The summed E-state index contributed by atoms with van der Waals surface area (Å²) in [6.07, 6.45) is 0.963. The second-order valence-electron chi connectivity index (χ2n) is 5.00. The highest BCUT2D eigenvalue weighted by Gasteiger charge is 2.10. The third-order valence-corrected chi connectivity index (χ3v) is 4.07. The quantitative estimate of drug-likeness (QED) is 0.585. The Balaban J connectivity index is 2.20. The molecule has 0 aliphatic rings. The van der Waals surface area contributed by atoms with Crippen molar-refractivity contribution in [1.29, 1.82) is 0 Å². The molecule has 0 atom stereocenters. The Hall–Kier alpha value is -1.64. The average molecular weight is 317 g/mol. The topological polar surface area (TPSA) is 25.8 Å². The molecule has 0 radical (unpaired) electrons. The van der Waals surface area contributed by atoms with E-state index >= 15 is 0 Å². The predicted molar refractivity (Wildman–Crippen MR) is 89.1 cm³/mol. The molecule has 21 heavy (non-hydrogen) atoms. The molecule has 4 heteroatoms. The van der Waals surface area contributed by atoms with Gasteiger partial charge in [-0.05, 0) is 54.8 Å². The summed E-state index contributed by atoms with van der Waals surface area (Å²) in [7, 11) is 0. The van der Waals surface area contributed by atoms with Crippen LogP contribution in [-0.4, -0.2) is 9.97 Å². The molecule has 2 aromatic carbocycles. The van der Waals surface area contributed by atoms with Gasteiger partial charge in [-0.3, -0.25) is 0 Å². The molecule has 0 unspecified atom stereocenters. The van der Waals surface area contributed by atoms with Crippen LogP contribution in [0.15, 0.2) is 36.4 Å². The number of fused-ring (bicyclic) bond motifs is 1. The van der Waals surface area contributed by atoms with Crippen molar-refractivity contribution in [3.63, 3.8) is 0 Å². The van der Waals surface area contributed by atoms with Crippen molar-refractivity contribution in [2.45, 2.75) is 20.3 Å². The molecule has 3 rings (SSSR count). The van der Waals surface area contributed by atoms with Gasteiger partial charge >= 0.3 is 0 Å². The lowest BCUT2D eigenvalue weighted by molar-refractivity contribution is 1.14. The van der Waals surface area contributed by atoms with Crippen molar-refractivity contribution < 1.29 is 0 Å². The van der Waals surface area contributed by atoms with E-state index < -0.39 is 0 Å². The molecule has 0 amide bonds. The Kier molecular flexibility index (Phi) is 3.83. The smallest absolute Gasteiger partial charge is 0.161 e. The number of halogens is 2. The summed E-state index contributed by atoms with van der Waals surface area (Å²) < 4.78 is 0. The Morgan fingerprint density at radius 2 is 1.81 bits per heavy atom. The van der Waals surface area contributed by atoms with E-state index in [0.717, 1.165) is 28.5 Å². The monoisotopic (exact) mass is 316 g/mol. The SMILES string of the molecule is CCc1ccc2nc(-c3ccc(Cl)cc3C)nc(Cl)c2c1. The lowest BCUT2D eigenvalue weighted by Crippen LogP contribution is -1.94. The van der Waals surface area contributed by atoms with Crippen molar-refractivity contribution in [3.8, 4) is 11.4 Å². The Bertz CT molecular complexity index is 828. The van der Waals surface area contributed by atoms with Crippen LogP contribution < -0.4 is 0 Å². The molecule has 0 saturated heterocycles. The maximum atomic E-state index is 6.35. The zero-order valence-corrected chi connectivity index (χ0v) is 13.3. The fourth-order valence-electron chi connectivity index (χ4n) is 2.36. The van der Waals surface area contributed by atoms with Gasteiger partial charge in [0.1, 0.15) is 5.15 Å². The van der Waals surface area contributed by atoms with Crippen LogP contribution in [0.2, 0.25) is 10.2 Å². The Morgan fingerprint density at radius 3 is 2.52 bits per heavy atom. The number of aryl methyl sites for hydroxylation is 2. The molecule has 1 heterocycles. The number of benzene rings is 2. The van der Waals surface area contributed by atoms with Gasteiger partial charge in [-0.25, -0.2) is 9.97 Å². The van der Waals surface area contributed by atoms with Crippen LogP contribution in [0.4, 0.5) is 0 Å². The summed E-state index contributed by atoms with van der Waals surface area (Å²) in [6.45, 7) is 4.10. The fraction of sp³-hybridized carbons (Fsp3) is 0.176. The Morgan fingerprint density at radius 1 is 1.00 bits per heavy atom. The molecule has 0 aliphatic carbocycles. The first-order chi connectivity index (χ1) is 10.1. The van der Waals surface area contributed by atoms with Gasteiger partial charge in [0.15, 0.2) is 5.82 Å². The average Bonchev–Trinajstić information content (AvgIpc) is 2.47. The standard InChI is InChI=1S/C17H14Cl2N2/c1-3-11-4-7-15-14(9-11)16(19)21-17(20-15)13-6-5-12(18)8-10(13)2/h4-9H,3H2,1-2H3. The van der Waals surface area contributed by atoms with Gasteiger partial charge < -0.3 is 0 Å². The molecular weight excluding hydrogens is 303 g/mol. The fourth-order valence-corrected chi connectivity index (χ4v) is 2.81. The molecule has 0 fully saturated rings. The summed E-state index contributed by atoms with van der Waals surface area (Å²) >= 11 is 12.3. The molecule has 0 saturated carbocycles. The minimum Gasteiger partial charge on any atom is -0.228 e. The minimum absolute atomic E-state index is 0.486. The van der Waals surface area contributed by atoms with Gasteiger partial charge in [-0.15, -0.1) is 0 Å². The van der Waals surface area contributed by atoms with Gasteiger partial charge in [-0.2, -0.15) is 0 Å². The van der Waals surface area contributed by atoms with Crippen LogP contribution >= 0.6 is 23.2 Å². The molecule has 0 spiro atoms. The van der Waals surface area contributed by atoms with Crippen molar-refractivity contribution in [3.05, 3.63) is 57.7 Å². The number of hydrogen-bond donors (Lipinski definition) is 0. The number of nitrogens with zero attached hydrogens (tertiary/aromatic N) is 2. The highest BCUT2D eigenvalue weighted by molar-refractivity contribution is 6.34. The van der Waals surface area contributed by atoms with Crippen molar-refractivity contribution in [1.82, 2.24) is 9.97 Å². The lowest BCUT2D eigenvalue weighted by atomic mass is 10.1. The summed E-state index contributed by atoms with van der Waals surface area (Å²) in [5.74, 6) is 0.630. The molecule has 2 nitrogen and oxygen atoms in total. The van der Waals surface area contributed by atoms with Crippen LogP contribution in [0.1, 0.15) is 18.1 Å². The molecule has 3 aromatic rings. The number of aromatic nitrogens is 2. The van der Waals surface area contributed by atoms with Crippen molar-refractivity contribution in [2.24, 2.45) is 0 Å². The second kappa shape index (κ2) is 5.63. The first-order valence-corrected chi connectivity index (χ1v) is 7.57. The molecule has 0 N–H and O–H groups in total. The van der Waals surface area contributed by atoms with E-state index in [9.17, 15) is 0 Å². The summed E-state index contributed by atoms with van der Waals surface area (Å²) in [6, 6.07) is 11.8. The van der Waals surface area contributed by atoms with Crippen LogP contribution in [0.25, 0.3) is 22.3 Å². The minimum atomic E-state index is 0.486. The van der Waals surface area contributed by atoms with E-state index in [1.54, 1.807) is 0 Å². The zero-order chi connectivity index (χ0) is 15.0. The first-order valence-electron chi connectivity index (χ1n) is 6.81. The third kappa shape index (κ3) is 2.74. The van der Waals surface area contributed by atoms with Crippen LogP contribution in [-0.2, 0) is 6.42 Å². The van der Waals surface area contributed by atoms with Gasteiger partial charge in [-0.1, -0.05) is 36.2 Å². The largest absolute Gasteiger partial charge is 0.228 e. The molecule has 0 aliphatic heterocycles. The van der Waals surface area contributed by atoms with Gasteiger partial charge in [0.05, 0.1) is 5.52 Å². The predicted octanol–water partition coefficient (Wildman–Crippen LogP) is 5.47. The van der Waals surface area contributed by atoms with Crippen LogP contribution in [0.3, 0.4) is 0 Å². The van der Waals surface area contributed by atoms with E-state index in [-0.39, 0.29) is 0 Å². The van der Waals surface area contributed by atoms with E-state index in [1.165, 1.54) is 5.56 Å². The third-order valence-electron chi connectivity index (χ3n) is 3.55. The summed E-state index contributed by atoms with van der Waals surface area (Å²) in [5, 5.41) is 2.08. The van der Waals surface area contributed by atoms with E-state index in [4.69, 9.17) is 23.2 Å². The molecule has 0 bridgehead atoms. The molecule has 1 aromatic heterocycles. The van der Waals surface area contributed by atoms with Gasteiger partial charge in [0.25, 0.3) is 0 Å². The Labute approximate surface area is 133 Å². The van der Waals surface area contributed by atoms with Gasteiger partial charge in [0.2, 0.25) is 0 Å². The van der Waals surface area contributed by atoms with Crippen molar-refractivity contribution >= 4 is 34.1 Å². The second-order valence-corrected chi connectivity index (χ2v) is 5.80. The maximum absolute atomic E-state index is 6.35. The van der Waals surface area contributed by atoms with Crippen LogP contribution in [0.5, 0.6) is 0 Å². The first kappa shape index (κ1) is 14.3. The van der Waals surface area contributed by atoms with E-state index in [2.05, 4.69) is 29.0 Å². The van der Waals surface area contributed by atoms with Crippen LogP contribution in [0, 0.1) is 6.92 Å². The molecular formula is C17H14Cl2N2. The summed E-state index contributed by atoms with van der Waals surface area (Å²) in [5.41, 5.74) is 4.06. The molecule has 106 valence electrons. The lowest BCUT2D eigenvalue weighted by Gasteiger charge is -2.08. The van der Waals surface area contributed by atoms with E-state index in [1.807, 2.05) is 31.2 Å². The highest BCUT2D eigenvalue weighted by Crippen LogP contribution is 2.28. The highest BCUT2D eigenvalue weighted by atomic mass is 35.5. The van der Waals surface area contributed by atoms with Crippen molar-refractivity contribution in [2.75, 3.05) is 0 Å². The normalized spacial score (nSPS) is 11.0. The van der Waals surface area contributed by atoms with E-state index in [0.29, 0.717) is 16.0 Å². The summed E-state index contributed by atoms with van der Waals surface area (Å²) in [4.78, 5) is 9.08. The number of rotatable bonds is 2. The number of hydrogen-bond acceptors (Lipinski definition) is 2.